The van der Waals surface area contributed by atoms with Crippen molar-refractivity contribution in [1.82, 2.24) is 5.32 Å². The molecule has 1 N–H and O–H groups in total. The van der Waals surface area contributed by atoms with Crippen LogP contribution >= 0.6 is 46.4 Å². The van der Waals surface area contributed by atoms with Gasteiger partial charge in [-0.05, 0) is 29.8 Å². The molecule has 2 nitrogen and oxygen atoms in total. The van der Waals surface area contributed by atoms with Crippen LogP contribution in [0.4, 0.5) is 0 Å². The van der Waals surface area contributed by atoms with E-state index in [1.54, 1.807) is 18.2 Å². The second kappa shape index (κ2) is 6.86. The molecule has 2 aromatic rings. The summed E-state index contributed by atoms with van der Waals surface area (Å²) in [5.74, 6) is 1.05. The van der Waals surface area contributed by atoms with Gasteiger partial charge in [0.1, 0.15) is 11.9 Å². The van der Waals surface area contributed by atoms with Gasteiger partial charge in [0, 0.05) is 25.1 Å². The first kappa shape index (κ1) is 16.2. The Hall–Kier alpha value is -0.640. The molecular formula is C16H13Cl4NO. The third-order valence-corrected chi connectivity index (χ3v) is 5.15. The predicted octanol–water partition coefficient (Wildman–Crippen LogP) is 5.64. The van der Waals surface area contributed by atoms with Crippen LogP contribution in [0.1, 0.15) is 11.7 Å². The van der Waals surface area contributed by atoms with E-state index in [0.717, 1.165) is 18.7 Å². The van der Waals surface area contributed by atoms with Crippen molar-refractivity contribution < 1.29 is 4.74 Å². The monoisotopic (exact) mass is 375 g/mol. The average molecular weight is 377 g/mol. The first-order valence-corrected chi connectivity index (χ1v) is 8.33. The zero-order chi connectivity index (χ0) is 15.7. The molecule has 0 saturated carbocycles. The second-order valence-electron chi connectivity index (χ2n) is 5.21. The summed E-state index contributed by atoms with van der Waals surface area (Å²) in [6.45, 7) is 1.79. The van der Waals surface area contributed by atoms with Crippen LogP contribution in [0.3, 0.4) is 0 Å². The highest BCUT2D eigenvalue weighted by Crippen LogP contribution is 2.35. The Balaban J connectivity index is 1.89. The molecular weight excluding hydrogens is 364 g/mol. The van der Waals surface area contributed by atoms with Crippen molar-refractivity contribution in [2.45, 2.75) is 6.10 Å². The quantitative estimate of drug-likeness (QED) is 0.745. The third-order valence-electron chi connectivity index (χ3n) is 3.67. The number of hydrogen-bond acceptors (Lipinski definition) is 2. The maximum Gasteiger partial charge on any atom is 0.129 e. The Morgan fingerprint density at radius 3 is 2.05 bits per heavy atom. The van der Waals surface area contributed by atoms with Gasteiger partial charge in [-0.15, -0.1) is 0 Å². The van der Waals surface area contributed by atoms with E-state index in [2.05, 4.69) is 5.32 Å². The largest absolute Gasteiger partial charge is 0.485 e. The molecule has 3 rings (SSSR count). The highest BCUT2D eigenvalue weighted by molar-refractivity contribution is 6.42. The van der Waals surface area contributed by atoms with Crippen LogP contribution < -0.4 is 10.1 Å². The lowest BCUT2D eigenvalue weighted by Gasteiger charge is -2.35. The van der Waals surface area contributed by atoms with Crippen molar-refractivity contribution in [3.05, 3.63) is 62.1 Å². The van der Waals surface area contributed by atoms with Gasteiger partial charge in [-0.2, -0.15) is 0 Å². The highest BCUT2D eigenvalue weighted by atomic mass is 35.5. The summed E-state index contributed by atoms with van der Waals surface area (Å²) in [6, 6.07) is 10.8. The van der Waals surface area contributed by atoms with Gasteiger partial charge >= 0.3 is 0 Å². The van der Waals surface area contributed by atoms with Crippen molar-refractivity contribution in [2.24, 2.45) is 5.92 Å². The van der Waals surface area contributed by atoms with Crippen LogP contribution in [0.25, 0.3) is 0 Å². The van der Waals surface area contributed by atoms with Crippen molar-refractivity contribution >= 4 is 46.4 Å². The second-order valence-corrected chi connectivity index (χ2v) is 6.84. The number of ether oxygens (including phenoxy) is 1. The molecule has 1 saturated heterocycles. The first-order chi connectivity index (χ1) is 10.5. The fourth-order valence-electron chi connectivity index (χ4n) is 2.35. The van der Waals surface area contributed by atoms with Gasteiger partial charge in [0.2, 0.25) is 0 Å². The molecule has 0 radical (unpaired) electrons. The number of rotatable bonds is 4. The predicted molar refractivity (Wildman–Crippen MR) is 92.7 cm³/mol. The van der Waals surface area contributed by atoms with Crippen LogP contribution in [0.5, 0.6) is 5.75 Å². The fraction of sp³-hybridized carbons (Fsp3) is 0.250. The van der Waals surface area contributed by atoms with Gasteiger partial charge < -0.3 is 10.1 Å². The van der Waals surface area contributed by atoms with E-state index < -0.39 is 0 Å². The standard InChI is InChI=1S/C16H13Cl4NO/c17-12-3-1-9(5-14(12)19)16(10-7-21-8-10)22-11-2-4-13(18)15(20)6-11/h1-6,10,16,21H,7-8H2. The van der Waals surface area contributed by atoms with Gasteiger partial charge in [0.25, 0.3) is 0 Å². The summed E-state index contributed by atoms with van der Waals surface area (Å²) in [5.41, 5.74) is 0.993. The molecule has 6 heteroatoms. The van der Waals surface area contributed by atoms with Crippen LogP contribution in [0.15, 0.2) is 36.4 Å². The Kier molecular flexibility index (Phi) is 5.06. The van der Waals surface area contributed by atoms with Crippen molar-refractivity contribution in [1.29, 1.82) is 0 Å². The molecule has 2 aromatic carbocycles. The zero-order valence-corrected chi connectivity index (χ0v) is 14.5. The van der Waals surface area contributed by atoms with Gasteiger partial charge in [0.05, 0.1) is 20.1 Å². The molecule has 1 aliphatic heterocycles. The molecule has 1 fully saturated rings. The topological polar surface area (TPSA) is 21.3 Å². The van der Waals surface area contributed by atoms with Gasteiger partial charge in [-0.3, -0.25) is 0 Å². The van der Waals surface area contributed by atoms with E-state index in [-0.39, 0.29) is 6.10 Å². The van der Waals surface area contributed by atoms with Crippen molar-refractivity contribution in [3.8, 4) is 5.75 Å². The summed E-state index contributed by atoms with van der Waals surface area (Å²) in [5, 5.41) is 5.29. The third kappa shape index (κ3) is 3.47. The van der Waals surface area contributed by atoms with Gasteiger partial charge in [0.15, 0.2) is 0 Å². The van der Waals surface area contributed by atoms with E-state index in [9.17, 15) is 0 Å². The molecule has 1 atom stereocenters. The number of hydrogen-bond donors (Lipinski definition) is 1. The highest BCUT2D eigenvalue weighted by Gasteiger charge is 2.30. The maximum absolute atomic E-state index is 6.15. The van der Waals surface area contributed by atoms with Crippen LogP contribution in [0, 0.1) is 5.92 Å². The molecule has 0 spiro atoms. The molecule has 1 heterocycles. The summed E-state index contributed by atoms with van der Waals surface area (Å²) in [4.78, 5) is 0. The zero-order valence-electron chi connectivity index (χ0n) is 11.5. The number of nitrogens with one attached hydrogen (secondary N) is 1. The normalized spacial score (nSPS) is 16.2. The SMILES string of the molecule is Clc1ccc(OC(c2ccc(Cl)c(Cl)c2)C2CNC2)cc1Cl. The maximum atomic E-state index is 6.15. The Morgan fingerprint density at radius 2 is 1.50 bits per heavy atom. The van der Waals surface area contributed by atoms with Crippen molar-refractivity contribution in [3.63, 3.8) is 0 Å². The average Bonchev–Trinajstić information content (AvgIpc) is 2.43. The molecule has 0 bridgehead atoms. The molecule has 0 amide bonds. The Bertz CT molecular complexity index is 688. The molecule has 1 unspecified atom stereocenters. The number of benzene rings is 2. The van der Waals surface area contributed by atoms with Gasteiger partial charge in [-0.25, -0.2) is 0 Å². The minimum absolute atomic E-state index is 0.117. The Labute approximate surface area is 149 Å². The molecule has 0 aromatic heterocycles. The van der Waals surface area contributed by atoms with E-state index in [4.69, 9.17) is 51.1 Å². The van der Waals surface area contributed by atoms with E-state index >= 15 is 0 Å². The lowest BCUT2D eigenvalue weighted by Crippen LogP contribution is -2.46. The summed E-state index contributed by atoms with van der Waals surface area (Å²) < 4.78 is 6.15. The summed E-state index contributed by atoms with van der Waals surface area (Å²) in [6.07, 6.45) is -0.117. The summed E-state index contributed by atoms with van der Waals surface area (Å²) >= 11 is 24.1. The van der Waals surface area contributed by atoms with Crippen LogP contribution in [0.2, 0.25) is 20.1 Å². The van der Waals surface area contributed by atoms with E-state index in [1.807, 2.05) is 18.2 Å². The molecule has 1 aliphatic rings. The lowest BCUT2D eigenvalue weighted by atomic mass is 9.91. The Morgan fingerprint density at radius 1 is 0.864 bits per heavy atom. The summed E-state index contributed by atoms with van der Waals surface area (Å²) in [7, 11) is 0. The molecule has 22 heavy (non-hydrogen) atoms. The van der Waals surface area contributed by atoms with E-state index in [0.29, 0.717) is 31.8 Å². The lowest BCUT2D eigenvalue weighted by molar-refractivity contribution is 0.0993. The van der Waals surface area contributed by atoms with Crippen LogP contribution in [-0.2, 0) is 0 Å². The number of halogens is 4. The van der Waals surface area contributed by atoms with Gasteiger partial charge in [-0.1, -0.05) is 52.5 Å². The van der Waals surface area contributed by atoms with Crippen molar-refractivity contribution in [2.75, 3.05) is 13.1 Å². The fourth-order valence-corrected chi connectivity index (χ4v) is 2.94. The molecule has 0 aliphatic carbocycles. The molecule has 116 valence electrons. The van der Waals surface area contributed by atoms with Crippen LogP contribution in [-0.4, -0.2) is 13.1 Å². The smallest absolute Gasteiger partial charge is 0.129 e. The first-order valence-electron chi connectivity index (χ1n) is 6.82. The van der Waals surface area contributed by atoms with E-state index in [1.165, 1.54) is 0 Å². The minimum Gasteiger partial charge on any atom is -0.485 e. The minimum atomic E-state index is -0.117.